The Balaban J connectivity index is 1.28. The zero-order chi connectivity index (χ0) is 33.0. The molecule has 0 saturated heterocycles. The topological polar surface area (TPSA) is 65.0 Å². The average Bonchev–Trinajstić information content (AvgIpc) is 3.78. The van der Waals surface area contributed by atoms with Gasteiger partial charge in [0.15, 0.2) is 17.5 Å². The van der Waals surface area contributed by atoms with Crippen LogP contribution in [0.5, 0.6) is 0 Å². The van der Waals surface area contributed by atoms with Crippen LogP contribution < -0.4 is 0 Å². The van der Waals surface area contributed by atoms with Crippen LogP contribution in [0.4, 0.5) is 0 Å². The third-order valence-corrected chi connectivity index (χ3v) is 9.36. The second-order valence-corrected chi connectivity index (χ2v) is 12.3. The van der Waals surface area contributed by atoms with Crippen molar-refractivity contribution < 1.29 is 8.83 Å². The molecular formula is C45H27N3O2. The van der Waals surface area contributed by atoms with Crippen LogP contribution in [0.3, 0.4) is 0 Å². The van der Waals surface area contributed by atoms with E-state index in [-0.39, 0.29) is 0 Å². The predicted octanol–water partition coefficient (Wildman–Crippen LogP) is 12.0. The van der Waals surface area contributed by atoms with Gasteiger partial charge < -0.3 is 8.83 Å². The molecule has 0 atom stereocenters. The molecule has 5 heteroatoms. The van der Waals surface area contributed by atoms with E-state index < -0.39 is 0 Å². The van der Waals surface area contributed by atoms with Gasteiger partial charge in [-0.1, -0.05) is 140 Å². The molecule has 0 unspecified atom stereocenters. The van der Waals surface area contributed by atoms with Crippen LogP contribution in [-0.4, -0.2) is 15.0 Å². The lowest BCUT2D eigenvalue weighted by Crippen LogP contribution is -2.00. The zero-order valence-electron chi connectivity index (χ0n) is 26.7. The Morgan fingerprint density at radius 2 is 0.580 bits per heavy atom. The third kappa shape index (κ3) is 4.52. The second-order valence-electron chi connectivity index (χ2n) is 12.3. The largest absolute Gasteiger partial charge is 0.456 e. The van der Waals surface area contributed by atoms with Crippen molar-refractivity contribution in [3.05, 3.63) is 164 Å². The van der Waals surface area contributed by atoms with E-state index in [9.17, 15) is 0 Å². The van der Waals surface area contributed by atoms with E-state index in [1.807, 2.05) is 91.0 Å². The van der Waals surface area contributed by atoms with Gasteiger partial charge in [0.2, 0.25) is 0 Å². The van der Waals surface area contributed by atoms with Gasteiger partial charge in [0.25, 0.3) is 0 Å². The smallest absolute Gasteiger partial charge is 0.164 e. The van der Waals surface area contributed by atoms with Crippen molar-refractivity contribution in [3.8, 4) is 56.4 Å². The Morgan fingerprint density at radius 3 is 0.980 bits per heavy atom. The maximum absolute atomic E-state index is 6.47. The molecule has 0 aliphatic heterocycles. The van der Waals surface area contributed by atoms with Crippen molar-refractivity contribution in [2.45, 2.75) is 0 Å². The number of hydrogen-bond acceptors (Lipinski definition) is 5. The standard InChI is InChI=1S/C45H27N3O2/c1-4-14-28(15-5-1)31-20-10-24-35-39(31)41-33(22-12-26-37(41)49-35)44-46-43(30-18-8-3-9-19-30)47-45(48-44)34-23-13-27-38-42(34)40-32(21-11-25-36(40)50-38)29-16-6-2-7-17-29/h1-27H. The number of rotatable bonds is 5. The van der Waals surface area contributed by atoms with Crippen molar-refractivity contribution >= 4 is 43.9 Å². The fourth-order valence-corrected chi connectivity index (χ4v) is 7.16. The molecule has 0 spiro atoms. The lowest BCUT2D eigenvalue weighted by atomic mass is 9.96. The van der Waals surface area contributed by atoms with Gasteiger partial charge in [-0.25, -0.2) is 15.0 Å². The Bertz CT molecular complexity index is 2680. The van der Waals surface area contributed by atoms with E-state index in [0.29, 0.717) is 17.5 Å². The molecule has 3 heterocycles. The summed E-state index contributed by atoms with van der Waals surface area (Å²) >= 11 is 0. The van der Waals surface area contributed by atoms with Gasteiger partial charge in [0, 0.05) is 38.2 Å². The molecule has 0 bridgehead atoms. The highest BCUT2D eigenvalue weighted by molar-refractivity contribution is 6.19. The number of nitrogens with zero attached hydrogens (tertiary/aromatic N) is 3. The Hall–Kier alpha value is -6.85. The van der Waals surface area contributed by atoms with Crippen LogP contribution in [0, 0.1) is 0 Å². The van der Waals surface area contributed by atoms with E-state index in [2.05, 4.69) is 72.8 Å². The molecule has 0 saturated carbocycles. The van der Waals surface area contributed by atoms with E-state index in [4.69, 9.17) is 23.8 Å². The summed E-state index contributed by atoms with van der Waals surface area (Å²) in [4.78, 5) is 15.6. The highest BCUT2D eigenvalue weighted by Gasteiger charge is 2.22. The van der Waals surface area contributed by atoms with Gasteiger partial charge in [0.1, 0.15) is 22.3 Å². The summed E-state index contributed by atoms with van der Waals surface area (Å²) in [5.74, 6) is 1.72. The summed E-state index contributed by atoms with van der Waals surface area (Å²) in [6, 6.07) is 55.5. The molecule has 10 rings (SSSR count). The Labute approximate surface area is 287 Å². The maximum atomic E-state index is 6.47. The fraction of sp³-hybridized carbons (Fsp3) is 0. The second kappa shape index (κ2) is 11.4. The molecule has 50 heavy (non-hydrogen) atoms. The summed E-state index contributed by atoms with van der Waals surface area (Å²) < 4.78 is 12.9. The van der Waals surface area contributed by atoms with E-state index in [1.54, 1.807) is 0 Å². The van der Waals surface area contributed by atoms with E-state index in [1.165, 1.54) is 0 Å². The van der Waals surface area contributed by atoms with Gasteiger partial charge in [-0.15, -0.1) is 0 Å². The average molecular weight is 642 g/mol. The molecule has 3 aromatic heterocycles. The van der Waals surface area contributed by atoms with Crippen LogP contribution in [-0.2, 0) is 0 Å². The molecule has 0 aliphatic rings. The summed E-state index contributed by atoms with van der Waals surface area (Å²) in [7, 11) is 0. The molecular weight excluding hydrogens is 615 g/mol. The van der Waals surface area contributed by atoms with Gasteiger partial charge in [0.05, 0.1) is 0 Å². The molecule has 0 amide bonds. The summed E-state index contributed by atoms with van der Waals surface area (Å²) in [5.41, 5.74) is 10.3. The van der Waals surface area contributed by atoms with E-state index in [0.717, 1.165) is 82.8 Å². The van der Waals surface area contributed by atoms with Gasteiger partial charge in [-0.05, 0) is 46.5 Å². The van der Waals surface area contributed by atoms with Crippen LogP contribution in [0.2, 0.25) is 0 Å². The number of benzene rings is 7. The molecule has 7 aromatic carbocycles. The van der Waals surface area contributed by atoms with Crippen molar-refractivity contribution in [1.29, 1.82) is 0 Å². The third-order valence-electron chi connectivity index (χ3n) is 9.36. The van der Waals surface area contributed by atoms with Gasteiger partial charge in [-0.3, -0.25) is 0 Å². The number of furan rings is 2. The number of hydrogen-bond donors (Lipinski definition) is 0. The van der Waals surface area contributed by atoms with Crippen LogP contribution >= 0.6 is 0 Å². The number of fused-ring (bicyclic) bond motifs is 6. The van der Waals surface area contributed by atoms with Gasteiger partial charge in [-0.2, -0.15) is 0 Å². The van der Waals surface area contributed by atoms with Crippen LogP contribution in [0.1, 0.15) is 0 Å². The first-order valence-electron chi connectivity index (χ1n) is 16.6. The molecule has 0 aliphatic carbocycles. The molecule has 10 aromatic rings. The first-order chi connectivity index (χ1) is 24.8. The quantitative estimate of drug-likeness (QED) is 0.187. The SMILES string of the molecule is c1ccc(-c2nc(-c3cccc4oc5cccc(-c6ccccc6)c5c34)nc(-c3cccc4oc5cccc(-c6ccccc6)c5c34)n2)cc1. The number of aromatic nitrogens is 3. The minimum atomic E-state index is 0.568. The van der Waals surface area contributed by atoms with Crippen molar-refractivity contribution in [1.82, 2.24) is 15.0 Å². The van der Waals surface area contributed by atoms with Crippen LogP contribution in [0.25, 0.3) is 100 Å². The van der Waals surface area contributed by atoms with Crippen molar-refractivity contribution in [3.63, 3.8) is 0 Å². The summed E-state index contributed by atoms with van der Waals surface area (Å²) in [6.45, 7) is 0. The highest BCUT2D eigenvalue weighted by Crippen LogP contribution is 2.43. The molecule has 5 nitrogen and oxygen atoms in total. The van der Waals surface area contributed by atoms with E-state index >= 15 is 0 Å². The Morgan fingerprint density at radius 1 is 0.260 bits per heavy atom. The molecule has 0 radical (unpaired) electrons. The minimum Gasteiger partial charge on any atom is -0.456 e. The Kier molecular flexibility index (Phi) is 6.42. The highest BCUT2D eigenvalue weighted by atomic mass is 16.3. The van der Waals surface area contributed by atoms with Crippen molar-refractivity contribution in [2.75, 3.05) is 0 Å². The summed E-state index contributed by atoms with van der Waals surface area (Å²) in [5, 5.41) is 4.00. The first kappa shape index (κ1) is 28.2. The zero-order valence-corrected chi connectivity index (χ0v) is 26.7. The molecule has 0 N–H and O–H groups in total. The molecule has 0 fully saturated rings. The summed E-state index contributed by atoms with van der Waals surface area (Å²) in [6.07, 6.45) is 0. The normalized spacial score (nSPS) is 11.6. The maximum Gasteiger partial charge on any atom is 0.164 e. The first-order valence-corrected chi connectivity index (χ1v) is 16.6. The minimum absolute atomic E-state index is 0.568. The lowest BCUT2D eigenvalue weighted by molar-refractivity contribution is 0.668. The lowest BCUT2D eigenvalue weighted by Gasteiger charge is -2.11. The van der Waals surface area contributed by atoms with Crippen LogP contribution in [0.15, 0.2) is 173 Å². The monoisotopic (exact) mass is 641 g/mol. The van der Waals surface area contributed by atoms with Crippen molar-refractivity contribution in [2.24, 2.45) is 0 Å². The predicted molar refractivity (Wildman–Crippen MR) is 202 cm³/mol. The van der Waals surface area contributed by atoms with Gasteiger partial charge >= 0.3 is 0 Å². The fourth-order valence-electron chi connectivity index (χ4n) is 7.16. The molecule has 234 valence electrons.